The van der Waals surface area contributed by atoms with E-state index in [4.69, 9.17) is 4.98 Å². The van der Waals surface area contributed by atoms with Crippen molar-refractivity contribution in [3.05, 3.63) is 79.0 Å². The summed E-state index contributed by atoms with van der Waals surface area (Å²) in [6.07, 6.45) is 3.59. The second-order valence-electron chi connectivity index (χ2n) is 7.43. The van der Waals surface area contributed by atoms with Crippen molar-refractivity contribution in [1.29, 1.82) is 0 Å². The quantitative estimate of drug-likeness (QED) is 0.322. The lowest BCUT2D eigenvalue weighted by atomic mass is 10.1. The maximum atomic E-state index is 12.9. The lowest BCUT2D eigenvalue weighted by Gasteiger charge is -2.11. The average Bonchev–Trinajstić information content (AvgIpc) is 3.46. The van der Waals surface area contributed by atoms with Crippen molar-refractivity contribution in [3.8, 4) is 11.1 Å². The second-order valence-corrected chi connectivity index (χ2v) is 7.43. The Morgan fingerprint density at radius 3 is 2.52 bits per heavy atom. The number of benzene rings is 2. The molecule has 0 amide bonds. The van der Waals surface area contributed by atoms with Gasteiger partial charge in [-0.2, -0.15) is 18.3 Å². The SMILES string of the molecule is Cl.FC(F)(F)c1ccc(-c2cnn3c2nc(NCCCn2ccnc2)c2ccccc23)cc1. The van der Waals surface area contributed by atoms with Crippen molar-refractivity contribution in [2.24, 2.45) is 0 Å². The molecular weight excluding hydrogens is 453 g/mol. The minimum absolute atomic E-state index is 0. The van der Waals surface area contributed by atoms with Crippen LogP contribution in [0.5, 0.6) is 0 Å². The van der Waals surface area contributed by atoms with Gasteiger partial charge in [-0.05, 0) is 36.2 Å². The molecule has 0 saturated heterocycles. The highest BCUT2D eigenvalue weighted by atomic mass is 35.5. The van der Waals surface area contributed by atoms with E-state index in [0.717, 1.165) is 36.0 Å². The predicted molar refractivity (Wildman–Crippen MR) is 124 cm³/mol. The van der Waals surface area contributed by atoms with Crippen molar-refractivity contribution in [2.75, 3.05) is 11.9 Å². The molecule has 6 nitrogen and oxygen atoms in total. The van der Waals surface area contributed by atoms with Crippen LogP contribution in [0.2, 0.25) is 0 Å². The third-order valence-electron chi connectivity index (χ3n) is 5.32. The van der Waals surface area contributed by atoms with Crippen LogP contribution in [0, 0.1) is 0 Å². The number of nitrogens with one attached hydrogen (secondary N) is 1. The van der Waals surface area contributed by atoms with E-state index in [0.29, 0.717) is 29.1 Å². The minimum atomic E-state index is -4.37. The number of hydrogen-bond acceptors (Lipinski definition) is 4. The summed E-state index contributed by atoms with van der Waals surface area (Å²) in [6.45, 7) is 1.53. The summed E-state index contributed by atoms with van der Waals surface area (Å²) in [5.74, 6) is 0.715. The number of nitrogens with zero attached hydrogens (tertiary/aromatic N) is 5. The van der Waals surface area contributed by atoms with E-state index in [1.807, 2.05) is 35.0 Å². The molecule has 5 rings (SSSR count). The third kappa shape index (κ3) is 4.49. The molecule has 3 aromatic heterocycles. The maximum absolute atomic E-state index is 12.9. The van der Waals surface area contributed by atoms with Crippen LogP contribution in [-0.4, -0.2) is 30.7 Å². The van der Waals surface area contributed by atoms with Crippen LogP contribution in [0.1, 0.15) is 12.0 Å². The Hall–Kier alpha value is -3.59. The number of anilines is 1. The lowest BCUT2D eigenvalue weighted by molar-refractivity contribution is -0.137. The van der Waals surface area contributed by atoms with Crippen molar-refractivity contribution in [3.63, 3.8) is 0 Å². The summed E-state index contributed by atoms with van der Waals surface area (Å²) in [4.78, 5) is 8.84. The van der Waals surface area contributed by atoms with Crippen LogP contribution in [0.15, 0.2) is 73.4 Å². The van der Waals surface area contributed by atoms with Crippen molar-refractivity contribution in [1.82, 2.24) is 24.1 Å². The Bertz CT molecular complexity index is 1360. The highest BCUT2D eigenvalue weighted by Crippen LogP contribution is 2.33. The van der Waals surface area contributed by atoms with Gasteiger partial charge in [0.05, 0.1) is 23.6 Å². The van der Waals surface area contributed by atoms with Gasteiger partial charge in [-0.3, -0.25) is 0 Å². The number of alkyl halides is 3. The Morgan fingerprint density at radius 2 is 1.79 bits per heavy atom. The van der Waals surface area contributed by atoms with E-state index in [-0.39, 0.29) is 12.4 Å². The van der Waals surface area contributed by atoms with Gasteiger partial charge in [-0.25, -0.2) is 14.5 Å². The van der Waals surface area contributed by atoms with Crippen LogP contribution < -0.4 is 5.32 Å². The van der Waals surface area contributed by atoms with Gasteiger partial charge in [-0.15, -0.1) is 12.4 Å². The Morgan fingerprint density at radius 1 is 1.00 bits per heavy atom. The van der Waals surface area contributed by atoms with E-state index in [9.17, 15) is 13.2 Å². The number of hydrogen-bond donors (Lipinski definition) is 1. The lowest BCUT2D eigenvalue weighted by Crippen LogP contribution is -2.08. The molecule has 3 heterocycles. The molecule has 170 valence electrons. The summed E-state index contributed by atoms with van der Waals surface area (Å²) in [6, 6.07) is 12.8. The van der Waals surface area contributed by atoms with E-state index < -0.39 is 11.7 Å². The Balaban J connectivity index is 0.00000259. The Labute approximate surface area is 193 Å². The van der Waals surface area contributed by atoms with Gasteiger partial charge in [0, 0.05) is 36.4 Å². The van der Waals surface area contributed by atoms with Crippen LogP contribution >= 0.6 is 12.4 Å². The van der Waals surface area contributed by atoms with Crippen LogP contribution in [0.3, 0.4) is 0 Å². The standard InChI is InChI=1S/C23H19F3N6.ClH/c24-23(25,26)17-8-6-16(7-9-17)19-14-29-32-20-5-2-1-4-18(20)21(30-22(19)32)28-10-3-12-31-13-11-27-15-31;/h1-2,4-9,11,13-15H,3,10,12H2,(H,28,30);1H. The zero-order valence-electron chi connectivity index (χ0n) is 17.3. The highest BCUT2D eigenvalue weighted by Gasteiger charge is 2.30. The molecule has 0 unspecified atom stereocenters. The summed E-state index contributed by atoms with van der Waals surface area (Å²) in [5, 5.41) is 8.79. The second kappa shape index (κ2) is 9.11. The summed E-state index contributed by atoms with van der Waals surface area (Å²) < 4.78 is 42.5. The largest absolute Gasteiger partial charge is 0.416 e. The van der Waals surface area contributed by atoms with Gasteiger partial charge < -0.3 is 9.88 Å². The molecule has 5 aromatic rings. The van der Waals surface area contributed by atoms with E-state index in [1.54, 1.807) is 23.2 Å². The molecule has 0 fully saturated rings. The topological polar surface area (TPSA) is 60.0 Å². The van der Waals surface area contributed by atoms with Crippen molar-refractivity contribution >= 4 is 34.8 Å². The fourth-order valence-electron chi connectivity index (χ4n) is 3.72. The molecule has 0 aliphatic heterocycles. The fourth-order valence-corrected chi connectivity index (χ4v) is 3.72. The maximum Gasteiger partial charge on any atom is 0.416 e. The van der Waals surface area contributed by atoms with Gasteiger partial charge in [0.1, 0.15) is 5.82 Å². The van der Waals surface area contributed by atoms with Gasteiger partial charge in [0.15, 0.2) is 5.65 Å². The number of fused-ring (bicyclic) bond motifs is 3. The monoisotopic (exact) mass is 472 g/mol. The zero-order valence-corrected chi connectivity index (χ0v) is 18.1. The van der Waals surface area contributed by atoms with Gasteiger partial charge in [0.2, 0.25) is 0 Å². The molecule has 1 N–H and O–H groups in total. The highest BCUT2D eigenvalue weighted by molar-refractivity contribution is 5.93. The number of aryl methyl sites for hydroxylation is 1. The predicted octanol–water partition coefficient (Wildman–Crippen LogP) is 5.69. The van der Waals surface area contributed by atoms with Crippen LogP contribution in [0.4, 0.5) is 19.0 Å². The van der Waals surface area contributed by atoms with E-state index in [1.165, 1.54) is 12.1 Å². The van der Waals surface area contributed by atoms with Gasteiger partial charge >= 0.3 is 6.18 Å². The normalized spacial score (nSPS) is 11.6. The first kappa shape index (κ1) is 22.6. The zero-order chi connectivity index (χ0) is 22.1. The number of imidazole rings is 1. The first-order valence-corrected chi connectivity index (χ1v) is 10.1. The molecule has 2 aromatic carbocycles. The van der Waals surface area contributed by atoms with Crippen molar-refractivity contribution in [2.45, 2.75) is 19.1 Å². The number of aromatic nitrogens is 5. The van der Waals surface area contributed by atoms with Gasteiger partial charge in [-0.1, -0.05) is 24.3 Å². The number of halogens is 4. The molecule has 33 heavy (non-hydrogen) atoms. The molecule has 0 aliphatic carbocycles. The summed E-state index contributed by atoms with van der Waals surface area (Å²) >= 11 is 0. The first-order chi connectivity index (χ1) is 15.5. The molecule has 0 saturated carbocycles. The summed E-state index contributed by atoms with van der Waals surface area (Å²) in [5.41, 5.74) is 2.07. The molecule has 0 spiro atoms. The minimum Gasteiger partial charge on any atom is -0.369 e. The number of rotatable bonds is 6. The summed E-state index contributed by atoms with van der Waals surface area (Å²) in [7, 11) is 0. The van der Waals surface area contributed by atoms with Crippen LogP contribution in [-0.2, 0) is 12.7 Å². The molecule has 0 aliphatic rings. The third-order valence-corrected chi connectivity index (χ3v) is 5.32. The average molecular weight is 473 g/mol. The molecule has 0 radical (unpaired) electrons. The van der Waals surface area contributed by atoms with Gasteiger partial charge in [0.25, 0.3) is 0 Å². The van der Waals surface area contributed by atoms with E-state index in [2.05, 4.69) is 15.4 Å². The van der Waals surface area contributed by atoms with E-state index >= 15 is 0 Å². The fraction of sp³-hybridized carbons (Fsp3) is 0.174. The molecular formula is C23H20ClF3N6. The molecule has 0 atom stereocenters. The van der Waals surface area contributed by atoms with Crippen molar-refractivity contribution < 1.29 is 13.2 Å². The Kier molecular flexibility index (Phi) is 6.24. The smallest absolute Gasteiger partial charge is 0.369 e. The number of para-hydroxylation sites is 1. The molecule has 0 bridgehead atoms. The van der Waals surface area contributed by atoms with Crippen LogP contribution in [0.25, 0.3) is 27.7 Å². The first-order valence-electron chi connectivity index (χ1n) is 10.1. The molecule has 10 heteroatoms.